The molecule has 2 rings (SSSR count). The van der Waals surface area contributed by atoms with E-state index in [1.54, 1.807) is 0 Å². The summed E-state index contributed by atoms with van der Waals surface area (Å²) in [7, 11) is 1.94. The van der Waals surface area contributed by atoms with E-state index in [2.05, 4.69) is 23.5 Å². The molecule has 0 heterocycles. The van der Waals surface area contributed by atoms with Crippen molar-refractivity contribution in [2.45, 2.75) is 13.2 Å². The molecule has 18 heavy (non-hydrogen) atoms. The van der Waals surface area contributed by atoms with Crippen LogP contribution in [0.2, 0.25) is 0 Å². The van der Waals surface area contributed by atoms with Gasteiger partial charge in [0.05, 0.1) is 0 Å². The van der Waals surface area contributed by atoms with Crippen LogP contribution in [0.4, 0.5) is 0 Å². The zero-order valence-electron chi connectivity index (χ0n) is 10.4. The molecule has 0 aromatic heterocycles. The summed E-state index contributed by atoms with van der Waals surface area (Å²) in [6, 6.07) is 18.3. The minimum Gasteiger partial charge on any atom is -1.00 e. The molecule has 0 atom stereocenters. The molecule has 2 aromatic rings. The fourth-order valence-electron chi connectivity index (χ4n) is 1.72. The van der Waals surface area contributed by atoms with Crippen molar-refractivity contribution in [3.05, 3.63) is 65.7 Å². The molecule has 2 nitrogen and oxygen atoms in total. The summed E-state index contributed by atoms with van der Waals surface area (Å²) in [4.78, 5) is 0. The molecule has 0 bridgehead atoms. The Hall–Kier alpha value is -1.51. The summed E-state index contributed by atoms with van der Waals surface area (Å²) < 4.78 is 5.84. The van der Waals surface area contributed by atoms with Crippen LogP contribution in [0, 0.1) is 0 Å². The van der Waals surface area contributed by atoms with Crippen LogP contribution in [0.1, 0.15) is 11.1 Å². The third kappa shape index (κ3) is 4.06. The molecule has 0 aliphatic carbocycles. The molecule has 0 radical (unpaired) electrons. The van der Waals surface area contributed by atoms with Crippen molar-refractivity contribution >= 4 is 0 Å². The van der Waals surface area contributed by atoms with Crippen LogP contribution in [0.15, 0.2) is 54.6 Å². The van der Waals surface area contributed by atoms with Crippen molar-refractivity contribution in [3.63, 3.8) is 0 Å². The minimum atomic E-state index is 0. The zero-order valence-corrected chi connectivity index (χ0v) is 11.2. The summed E-state index contributed by atoms with van der Waals surface area (Å²) in [5.41, 5.74) is 2.37. The lowest BCUT2D eigenvalue weighted by molar-refractivity contribution is -0.00000382. The van der Waals surface area contributed by atoms with Crippen molar-refractivity contribution < 1.29 is 17.1 Å². The average molecular weight is 263 g/mol. The van der Waals surface area contributed by atoms with Crippen LogP contribution in [0.5, 0.6) is 5.75 Å². The smallest absolute Gasteiger partial charge is 0.124 e. The average Bonchev–Trinajstić information content (AvgIpc) is 2.39. The van der Waals surface area contributed by atoms with Gasteiger partial charge in [0.15, 0.2) is 0 Å². The van der Waals surface area contributed by atoms with E-state index in [4.69, 9.17) is 4.74 Å². The first-order valence-electron chi connectivity index (χ1n) is 5.79. The summed E-state index contributed by atoms with van der Waals surface area (Å²) in [5.74, 6) is 0.950. The molecule has 1 N–H and O–H groups in total. The third-order valence-corrected chi connectivity index (χ3v) is 2.58. The van der Waals surface area contributed by atoms with Crippen LogP contribution in [-0.4, -0.2) is 7.05 Å². The first-order chi connectivity index (χ1) is 8.40. The second-order valence-corrected chi connectivity index (χ2v) is 3.91. The molecule has 0 amide bonds. The van der Waals surface area contributed by atoms with Gasteiger partial charge in [-0.15, -0.1) is 0 Å². The maximum Gasteiger partial charge on any atom is 0.124 e. The van der Waals surface area contributed by atoms with Crippen molar-refractivity contribution in [3.8, 4) is 5.75 Å². The fraction of sp³-hybridized carbons (Fsp3) is 0.200. The van der Waals surface area contributed by atoms with E-state index in [1.807, 2.05) is 43.4 Å². The fourth-order valence-corrected chi connectivity index (χ4v) is 1.72. The SMILES string of the molecule is CNCc1ccccc1OCc1ccccc1.[Cl-]. The zero-order chi connectivity index (χ0) is 11.9. The molecule has 0 unspecified atom stereocenters. The van der Waals surface area contributed by atoms with E-state index in [1.165, 1.54) is 11.1 Å². The number of halogens is 1. The molecule has 2 aromatic carbocycles. The topological polar surface area (TPSA) is 21.3 Å². The summed E-state index contributed by atoms with van der Waals surface area (Å²) >= 11 is 0. The van der Waals surface area contributed by atoms with Gasteiger partial charge in [0, 0.05) is 12.1 Å². The van der Waals surface area contributed by atoms with E-state index in [0.29, 0.717) is 6.61 Å². The maximum absolute atomic E-state index is 5.84. The van der Waals surface area contributed by atoms with Gasteiger partial charge in [0.2, 0.25) is 0 Å². The van der Waals surface area contributed by atoms with Crippen LogP contribution in [0.3, 0.4) is 0 Å². The predicted molar refractivity (Wildman–Crippen MR) is 70.0 cm³/mol. The highest BCUT2D eigenvalue weighted by Gasteiger charge is 2.01. The number of hydrogen-bond donors (Lipinski definition) is 1. The lowest BCUT2D eigenvalue weighted by Crippen LogP contribution is -3.00. The normalized spacial score (nSPS) is 9.61. The molecule has 0 saturated heterocycles. The van der Waals surface area contributed by atoms with Gasteiger partial charge in [-0.25, -0.2) is 0 Å². The van der Waals surface area contributed by atoms with E-state index in [0.717, 1.165) is 12.3 Å². The van der Waals surface area contributed by atoms with E-state index < -0.39 is 0 Å². The minimum absolute atomic E-state index is 0. The first-order valence-corrected chi connectivity index (χ1v) is 5.79. The number of hydrogen-bond acceptors (Lipinski definition) is 2. The van der Waals surface area contributed by atoms with Crippen molar-refractivity contribution in [2.75, 3.05) is 7.05 Å². The summed E-state index contributed by atoms with van der Waals surface area (Å²) in [5, 5.41) is 3.14. The van der Waals surface area contributed by atoms with Crippen LogP contribution >= 0.6 is 0 Å². The summed E-state index contributed by atoms with van der Waals surface area (Å²) in [6.45, 7) is 1.44. The number of ether oxygens (including phenoxy) is 1. The second-order valence-electron chi connectivity index (χ2n) is 3.91. The van der Waals surface area contributed by atoms with Crippen molar-refractivity contribution in [2.24, 2.45) is 0 Å². The Balaban J connectivity index is 0.00000162. The first kappa shape index (κ1) is 14.6. The van der Waals surface area contributed by atoms with Gasteiger partial charge in [0.1, 0.15) is 12.4 Å². The van der Waals surface area contributed by atoms with Gasteiger partial charge in [-0.1, -0.05) is 48.5 Å². The highest BCUT2D eigenvalue weighted by molar-refractivity contribution is 5.33. The molecule has 0 saturated carbocycles. The molecule has 96 valence electrons. The molecular weight excluding hydrogens is 246 g/mol. The Labute approximate surface area is 114 Å². The number of rotatable bonds is 5. The number of benzene rings is 2. The largest absolute Gasteiger partial charge is 1.00 e. The Morgan fingerprint density at radius 1 is 0.944 bits per heavy atom. The van der Waals surface area contributed by atoms with Gasteiger partial charge < -0.3 is 22.5 Å². The Kier molecular flexibility index (Phi) is 6.26. The quantitative estimate of drug-likeness (QED) is 0.819. The Morgan fingerprint density at radius 3 is 2.33 bits per heavy atom. The van der Waals surface area contributed by atoms with E-state index in [-0.39, 0.29) is 12.4 Å². The Morgan fingerprint density at radius 2 is 1.61 bits per heavy atom. The summed E-state index contributed by atoms with van der Waals surface area (Å²) in [6.07, 6.45) is 0. The molecule has 0 fully saturated rings. The monoisotopic (exact) mass is 262 g/mol. The molecule has 0 aliphatic heterocycles. The molecule has 0 aliphatic rings. The van der Waals surface area contributed by atoms with Crippen molar-refractivity contribution in [1.29, 1.82) is 0 Å². The Bertz CT molecular complexity index is 459. The standard InChI is InChI=1S/C15H17NO.ClH/c1-16-11-14-9-5-6-10-15(14)17-12-13-7-3-2-4-8-13;/h2-10,16H,11-12H2,1H3;1H/p-1. The predicted octanol–water partition coefficient (Wildman–Crippen LogP) is -0.0110. The van der Waals surface area contributed by atoms with Gasteiger partial charge in [-0.2, -0.15) is 0 Å². The lowest BCUT2D eigenvalue weighted by atomic mass is 10.2. The second kappa shape index (κ2) is 7.75. The third-order valence-electron chi connectivity index (χ3n) is 2.58. The van der Waals surface area contributed by atoms with Gasteiger partial charge in [0.25, 0.3) is 0 Å². The van der Waals surface area contributed by atoms with Crippen LogP contribution < -0.4 is 22.5 Å². The van der Waals surface area contributed by atoms with Gasteiger partial charge in [-0.3, -0.25) is 0 Å². The van der Waals surface area contributed by atoms with Crippen molar-refractivity contribution in [1.82, 2.24) is 5.32 Å². The molecule has 0 spiro atoms. The van der Waals surface area contributed by atoms with Gasteiger partial charge in [-0.05, 0) is 18.7 Å². The van der Waals surface area contributed by atoms with E-state index in [9.17, 15) is 0 Å². The van der Waals surface area contributed by atoms with E-state index >= 15 is 0 Å². The number of para-hydroxylation sites is 1. The lowest BCUT2D eigenvalue weighted by Gasteiger charge is -2.11. The maximum atomic E-state index is 5.84. The van der Waals surface area contributed by atoms with Crippen LogP contribution in [-0.2, 0) is 13.2 Å². The highest BCUT2D eigenvalue weighted by atomic mass is 35.5. The molecular formula is C15H17ClNO-. The van der Waals surface area contributed by atoms with Crippen LogP contribution in [0.25, 0.3) is 0 Å². The molecule has 3 heteroatoms. The number of nitrogens with one attached hydrogen (secondary N) is 1. The van der Waals surface area contributed by atoms with Gasteiger partial charge >= 0.3 is 0 Å². The highest BCUT2D eigenvalue weighted by Crippen LogP contribution is 2.18.